The summed E-state index contributed by atoms with van der Waals surface area (Å²) in [5.41, 5.74) is 2.12. The Morgan fingerprint density at radius 1 is 1.03 bits per heavy atom. The third-order valence-electron chi connectivity index (χ3n) is 8.28. The molecule has 3 saturated heterocycles. The number of carbonyl (C=O) groups is 1. The first-order valence-corrected chi connectivity index (χ1v) is 13.4. The predicted octanol–water partition coefficient (Wildman–Crippen LogP) is 2.56. The highest BCUT2D eigenvalue weighted by atomic mass is 16.1. The number of nitrogens with zero attached hydrogens (tertiary/aromatic N) is 6. The second-order valence-electron chi connectivity index (χ2n) is 10.5. The smallest absolute Gasteiger partial charge is 0.223 e. The van der Waals surface area contributed by atoms with Crippen LogP contribution in [0.3, 0.4) is 0 Å². The van der Waals surface area contributed by atoms with Gasteiger partial charge in [0.2, 0.25) is 5.91 Å². The van der Waals surface area contributed by atoms with E-state index in [-0.39, 0.29) is 11.8 Å². The van der Waals surface area contributed by atoms with Crippen molar-refractivity contribution in [3.05, 3.63) is 18.0 Å². The molecule has 0 aromatic carbocycles. The maximum atomic E-state index is 12.8. The molecule has 2 aromatic rings. The molecule has 3 aliphatic heterocycles. The molecular formula is C26H41N7O. The van der Waals surface area contributed by atoms with Gasteiger partial charge < -0.3 is 20.0 Å². The van der Waals surface area contributed by atoms with E-state index in [0.717, 1.165) is 67.5 Å². The summed E-state index contributed by atoms with van der Waals surface area (Å²) in [4.78, 5) is 25.1. The summed E-state index contributed by atoms with van der Waals surface area (Å²) in [5.74, 6) is 1.33. The summed E-state index contributed by atoms with van der Waals surface area (Å²) in [6, 6.07) is 2.82. The number of pyridine rings is 1. The minimum Gasteiger partial charge on any atom is -0.355 e. The number of rotatable bonds is 6. The summed E-state index contributed by atoms with van der Waals surface area (Å²) in [5, 5.41) is 8.96. The van der Waals surface area contributed by atoms with Gasteiger partial charge in [-0.1, -0.05) is 6.42 Å². The number of anilines is 1. The largest absolute Gasteiger partial charge is 0.355 e. The van der Waals surface area contributed by atoms with Crippen LogP contribution in [0.2, 0.25) is 0 Å². The van der Waals surface area contributed by atoms with Crippen LogP contribution in [-0.4, -0.2) is 88.9 Å². The van der Waals surface area contributed by atoms with Crippen LogP contribution in [-0.2, 0) is 11.8 Å². The minimum absolute atomic E-state index is 0.105. The van der Waals surface area contributed by atoms with Gasteiger partial charge in [-0.2, -0.15) is 5.10 Å². The Labute approximate surface area is 203 Å². The topological polar surface area (TPSA) is 69.5 Å². The van der Waals surface area contributed by atoms with Crippen molar-refractivity contribution >= 4 is 22.6 Å². The lowest BCUT2D eigenvalue weighted by Crippen LogP contribution is -2.48. The molecular weight excluding hydrogens is 426 g/mol. The van der Waals surface area contributed by atoms with Crippen LogP contribution in [0.4, 0.5) is 5.82 Å². The van der Waals surface area contributed by atoms with Crippen LogP contribution in [0.5, 0.6) is 0 Å². The highest BCUT2D eigenvalue weighted by molar-refractivity contribution is 5.91. The van der Waals surface area contributed by atoms with Crippen molar-refractivity contribution in [2.24, 2.45) is 13.0 Å². The SMILES string of the molecule is Cc1nn(C)c2c(N3CCC(C(=O)NCCN4CCC(N5CCCCC5)CC4)CC3)nccc12. The average Bonchev–Trinajstić information content (AvgIpc) is 3.18. The molecule has 1 N–H and O–H groups in total. The quantitative estimate of drug-likeness (QED) is 0.704. The van der Waals surface area contributed by atoms with Crippen molar-refractivity contribution in [1.29, 1.82) is 0 Å². The van der Waals surface area contributed by atoms with Crippen LogP contribution < -0.4 is 10.2 Å². The Balaban J connectivity index is 1.04. The fourth-order valence-corrected chi connectivity index (χ4v) is 6.24. The molecule has 0 atom stereocenters. The first-order chi connectivity index (χ1) is 16.6. The number of aromatic nitrogens is 3. The zero-order chi connectivity index (χ0) is 23.5. The van der Waals surface area contributed by atoms with Crippen molar-refractivity contribution in [3.8, 4) is 0 Å². The number of carbonyl (C=O) groups excluding carboxylic acids is 1. The summed E-state index contributed by atoms with van der Waals surface area (Å²) >= 11 is 0. The molecule has 3 aliphatic rings. The molecule has 0 unspecified atom stereocenters. The van der Waals surface area contributed by atoms with E-state index < -0.39 is 0 Å². The van der Waals surface area contributed by atoms with E-state index in [2.05, 4.69) is 30.1 Å². The molecule has 0 bridgehead atoms. The molecule has 0 aliphatic carbocycles. The lowest BCUT2D eigenvalue weighted by molar-refractivity contribution is -0.125. The maximum absolute atomic E-state index is 12.8. The molecule has 8 heteroatoms. The maximum Gasteiger partial charge on any atom is 0.223 e. The summed E-state index contributed by atoms with van der Waals surface area (Å²) < 4.78 is 1.93. The molecule has 1 amide bonds. The van der Waals surface area contributed by atoms with E-state index in [4.69, 9.17) is 0 Å². The van der Waals surface area contributed by atoms with Gasteiger partial charge >= 0.3 is 0 Å². The molecule has 0 saturated carbocycles. The Morgan fingerprint density at radius 2 is 1.76 bits per heavy atom. The number of nitrogens with one attached hydrogen (secondary N) is 1. The standard InChI is InChI=1S/C26H41N7O/c1-20-23-6-11-27-25(24(23)30(2)29-20)33-17-7-21(8-18-33)26(34)28-12-19-31-15-9-22(10-16-31)32-13-4-3-5-14-32/h6,11,21-22H,3-5,7-10,12-19H2,1-2H3,(H,28,34). The van der Waals surface area contributed by atoms with Crippen molar-refractivity contribution in [1.82, 2.24) is 29.9 Å². The Kier molecular flexibility index (Phi) is 7.34. The van der Waals surface area contributed by atoms with E-state index in [9.17, 15) is 4.79 Å². The summed E-state index contributed by atoms with van der Waals surface area (Å²) in [6.45, 7) is 10.4. The fraction of sp³-hybridized carbons (Fsp3) is 0.731. The van der Waals surface area contributed by atoms with Crippen molar-refractivity contribution in [2.45, 2.75) is 57.9 Å². The number of hydrogen-bond donors (Lipinski definition) is 1. The molecule has 34 heavy (non-hydrogen) atoms. The second kappa shape index (κ2) is 10.6. The van der Waals surface area contributed by atoms with Gasteiger partial charge in [0.05, 0.1) is 5.69 Å². The second-order valence-corrected chi connectivity index (χ2v) is 10.5. The van der Waals surface area contributed by atoms with Crippen LogP contribution in [0.15, 0.2) is 12.3 Å². The van der Waals surface area contributed by atoms with E-state index in [1.54, 1.807) is 0 Å². The molecule has 5 heterocycles. The van der Waals surface area contributed by atoms with Gasteiger partial charge in [0, 0.05) is 56.8 Å². The fourth-order valence-electron chi connectivity index (χ4n) is 6.24. The monoisotopic (exact) mass is 467 g/mol. The Bertz CT molecular complexity index is 967. The van der Waals surface area contributed by atoms with Crippen molar-refractivity contribution in [3.63, 3.8) is 0 Å². The lowest BCUT2D eigenvalue weighted by atomic mass is 9.95. The van der Waals surface area contributed by atoms with E-state index in [0.29, 0.717) is 0 Å². The van der Waals surface area contributed by atoms with E-state index >= 15 is 0 Å². The van der Waals surface area contributed by atoms with Gasteiger partial charge in [-0.05, 0) is 77.7 Å². The number of hydrogen-bond acceptors (Lipinski definition) is 6. The molecule has 2 aromatic heterocycles. The zero-order valence-corrected chi connectivity index (χ0v) is 21.0. The van der Waals surface area contributed by atoms with Crippen LogP contribution in [0.25, 0.3) is 10.9 Å². The van der Waals surface area contributed by atoms with Crippen LogP contribution in [0, 0.1) is 12.8 Å². The molecule has 3 fully saturated rings. The van der Waals surface area contributed by atoms with Crippen molar-refractivity contribution in [2.75, 3.05) is 57.3 Å². The van der Waals surface area contributed by atoms with E-state index in [1.807, 2.05) is 30.9 Å². The van der Waals surface area contributed by atoms with Gasteiger partial charge in [-0.3, -0.25) is 9.48 Å². The van der Waals surface area contributed by atoms with E-state index in [1.165, 1.54) is 58.3 Å². The first kappa shape index (κ1) is 23.5. The van der Waals surface area contributed by atoms with Gasteiger partial charge in [-0.15, -0.1) is 0 Å². The number of amides is 1. The number of fused-ring (bicyclic) bond motifs is 1. The minimum atomic E-state index is 0.105. The van der Waals surface area contributed by atoms with Crippen molar-refractivity contribution < 1.29 is 4.79 Å². The highest BCUT2D eigenvalue weighted by Crippen LogP contribution is 2.29. The predicted molar refractivity (Wildman–Crippen MR) is 136 cm³/mol. The molecule has 8 nitrogen and oxygen atoms in total. The molecule has 5 rings (SSSR count). The number of piperidine rings is 3. The van der Waals surface area contributed by atoms with Gasteiger partial charge in [0.1, 0.15) is 5.52 Å². The normalized spacial score (nSPS) is 21.9. The molecule has 186 valence electrons. The average molecular weight is 468 g/mol. The van der Waals surface area contributed by atoms with Gasteiger partial charge in [-0.25, -0.2) is 4.98 Å². The number of aryl methyl sites for hydroxylation is 2. The summed E-state index contributed by atoms with van der Waals surface area (Å²) in [7, 11) is 1.98. The number of likely N-dealkylation sites (tertiary alicyclic amines) is 2. The summed E-state index contributed by atoms with van der Waals surface area (Å²) in [6.07, 6.45) is 10.4. The Morgan fingerprint density at radius 3 is 2.50 bits per heavy atom. The lowest BCUT2D eigenvalue weighted by Gasteiger charge is -2.40. The molecule has 0 radical (unpaired) electrons. The zero-order valence-electron chi connectivity index (χ0n) is 21.0. The molecule has 0 spiro atoms. The van der Waals surface area contributed by atoms with Gasteiger partial charge in [0.25, 0.3) is 0 Å². The first-order valence-electron chi connectivity index (χ1n) is 13.4. The third-order valence-corrected chi connectivity index (χ3v) is 8.28. The highest BCUT2D eigenvalue weighted by Gasteiger charge is 2.28. The van der Waals surface area contributed by atoms with Crippen LogP contribution >= 0.6 is 0 Å². The third kappa shape index (κ3) is 5.08. The Hall–Kier alpha value is -2.19. The van der Waals surface area contributed by atoms with Gasteiger partial charge in [0.15, 0.2) is 5.82 Å². The van der Waals surface area contributed by atoms with Crippen LogP contribution in [0.1, 0.15) is 50.6 Å².